The average molecular weight is 286 g/mol. The molecule has 3 heterocycles. The van der Waals surface area contributed by atoms with E-state index < -0.39 is 5.97 Å². The molecule has 0 bridgehead atoms. The first-order chi connectivity index (χ1) is 10.1. The molecule has 8 nitrogen and oxygen atoms in total. The van der Waals surface area contributed by atoms with E-state index in [-0.39, 0.29) is 0 Å². The Morgan fingerprint density at radius 3 is 2.81 bits per heavy atom. The van der Waals surface area contributed by atoms with Gasteiger partial charge in [-0.1, -0.05) is 5.21 Å². The van der Waals surface area contributed by atoms with Gasteiger partial charge in [0.15, 0.2) is 11.5 Å². The molecule has 3 rings (SSSR count). The largest absolute Gasteiger partial charge is 0.462 e. The number of nitrogens with zero attached hydrogens (tertiary/aromatic N) is 6. The Morgan fingerprint density at radius 1 is 1.33 bits per heavy atom. The molecule has 0 fully saturated rings. The molecule has 108 valence electrons. The van der Waals surface area contributed by atoms with Crippen LogP contribution in [0.3, 0.4) is 0 Å². The van der Waals surface area contributed by atoms with Crippen molar-refractivity contribution in [1.82, 2.24) is 29.6 Å². The fourth-order valence-corrected chi connectivity index (χ4v) is 2.03. The third kappa shape index (κ3) is 2.24. The summed E-state index contributed by atoms with van der Waals surface area (Å²) < 4.78 is 8.13. The third-order valence-electron chi connectivity index (χ3n) is 2.97. The molecule has 8 heteroatoms. The van der Waals surface area contributed by atoms with Crippen molar-refractivity contribution in [3.05, 3.63) is 35.4 Å². The van der Waals surface area contributed by atoms with Crippen LogP contribution in [0.5, 0.6) is 0 Å². The molecule has 3 aromatic rings. The molecule has 0 aliphatic rings. The van der Waals surface area contributed by atoms with Crippen LogP contribution in [-0.2, 0) is 4.74 Å². The molecule has 0 aliphatic carbocycles. The van der Waals surface area contributed by atoms with E-state index in [2.05, 4.69) is 20.4 Å². The predicted octanol–water partition coefficient (Wildman–Crippen LogP) is 1.10. The van der Waals surface area contributed by atoms with E-state index in [4.69, 9.17) is 4.74 Å². The van der Waals surface area contributed by atoms with Gasteiger partial charge in [0.1, 0.15) is 5.56 Å². The highest BCUT2D eigenvalue weighted by molar-refractivity contribution is 5.95. The molecule has 0 unspecified atom stereocenters. The molecular weight excluding hydrogens is 272 g/mol. The second-order valence-electron chi connectivity index (χ2n) is 4.60. The number of carbonyl (C=O) groups is 1. The summed E-state index contributed by atoms with van der Waals surface area (Å²) in [6.07, 6.45) is 5.01. The van der Waals surface area contributed by atoms with Crippen molar-refractivity contribution < 1.29 is 9.53 Å². The monoisotopic (exact) mass is 286 g/mol. The van der Waals surface area contributed by atoms with Crippen LogP contribution in [0.1, 0.15) is 28.5 Å². The maximum Gasteiger partial charge on any atom is 0.343 e. The number of rotatable bonds is 3. The van der Waals surface area contributed by atoms with Crippen LogP contribution in [0.15, 0.2) is 18.6 Å². The zero-order valence-electron chi connectivity index (χ0n) is 11.9. The van der Waals surface area contributed by atoms with E-state index >= 15 is 0 Å². The van der Waals surface area contributed by atoms with Crippen LogP contribution < -0.4 is 0 Å². The number of hydrogen-bond acceptors (Lipinski definition) is 6. The first kappa shape index (κ1) is 13.2. The van der Waals surface area contributed by atoms with Crippen molar-refractivity contribution >= 4 is 11.6 Å². The van der Waals surface area contributed by atoms with Crippen molar-refractivity contribution in [2.24, 2.45) is 0 Å². The van der Waals surface area contributed by atoms with Gasteiger partial charge in [0.25, 0.3) is 0 Å². The number of ether oxygens (including phenoxy) is 1. The van der Waals surface area contributed by atoms with Gasteiger partial charge in [-0.05, 0) is 20.8 Å². The van der Waals surface area contributed by atoms with Crippen molar-refractivity contribution in [3.63, 3.8) is 0 Å². The Labute approximate surface area is 120 Å². The summed E-state index contributed by atoms with van der Waals surface area (Å²) in [7, 11) is 0. The number of aromatic nitrogens is 6. The summed E-state index contributed by atoms with van der Waals surface area (Å²) in [5, 5.41) is 12.1. The fraction of sp³-hybridized carbons (Fsp3) is 0.308. The lowest BCUT2D eigenvalue weighted by Crippen LogP contribution is -2.08. The van der Waals surface area contributed by atoms with E-state index in [0.29, 0.717) is 23.6 Å². The minimum absolute atomic E-state index is 0.303. The van der Waals surface area contributed by atoms with Crippen LogP contribution in [0.25, 0.3) is 11.5 Å². The molecule has 0 saturated heterocycles. The Kier molecular flexibility index (Phi) is 3.13. The Balaban J connectivity index is 2.16. The highest BCUT2D eigenvalue weighted by Crippen LogP contribution is 2.16. The summed E-state index contributed by atoms with van der Waals surface area (Å²) in [6, 6.07) is 0. The molecule has 0 radical (unpaired) electrons. The number of fused-ring (bicyclic) bond motifs is 1. The topological polar surface area (TPSA) is 87.2 Å². The van der Waals surface area contributed by atoms with Gasteiger partial charge in [-0.25, -0.2) is 19.0 Å². The SMILES string of the molecule is CCOC(=O)c1cnn2cc(C)c(-n3cc(C)nn3)nc12. The first-order valence-electron chi connectivity index (χ1n) is 6.51. The molecule has 0 atom stereocenters. The zero-order valence-corrected chi connectivity index (χ0v) is 11.9. The standard InChI is InChI=1S/C13H14N6O2/c1-4-21-13(20)10-5-14-18-6-8(2)11(15-12(10)18)19-7-9(3)16-17-19/h5-7H,4H2,1-3H3. The Morgan fingerprint density at radius 2 is 2.14 bits per heavy atom. The first-order valence-corrected chi connectivity index (χ1v) is 6.51. The molecule has 0 aliphatic heterocycles. The summed E-state index contributed by atoms with van der Waals surface area (Å²) in [6.45, 7) is 5.80. The second-order valence-corrected chi connectivity index (χ2v) is 4.60. The third-order valence-corrected chi connectivity index (χ3v) is 2.97. The highest BCUT2D eigenvalue weighted by atomic mass is 16.5. The van der Waals surface area contributed by atoms with Gasteiger partial charge in [-0.3, -0.25) is 0 Å². The molecule has 0 saturated carbocycles. The summed E-state index contributed by atoms with van der Waals surface area (Å²) in [4.78, 5) is 16.4. The van der Waals surface area contributed by atoms with Gasteiger partial charge in [-0.15, -0.1) is 5.10 Å². The van der Waals surface area contributed by atoms with Gasteiger partial charge in [0.2, 0.25) is 0 Å². The van der Waals surface area contributed by atoms with E-state index in [9.17, 15) is 4.79 Å². The summed E-state index contributed by atoms with van der Waals surface area (Å²) in [5.74, 6) is 0.165. The predicted molar refractivity (Wildman–Crippen MR) is 73.3 cm³/mol. The fourth-order valence-electron chi connectivity index (χ4n) is 2.03. The Bertz CT molecular complexity index is 819. The summed E-state index contributed by atoms with van der Waals surface area (Å²) >= 11 is 0. The van der Waals surface area contributed by atoms with Gasteiger partial charge < -0.3 is 4.74 Å². The lowest BCUT2D eigenvalue weighted by Gasteiger charge is -2.05. The van der Waals surface area contributed by atoms with Crippen molar-refractivity contribution in [1.29, 1.82) is 0 Å². The van der Waals surface area contributed by atoms with Gasteiger partial charge in [-0.2, -0.15) is 5.10 Å². The van der Waals surface area contributed by atoms with Crippen LogP contribution in [0.2, 0.25) is 0 Å². The molecule has 0 aromatic carbocycles. The molecule has 3 aromatic heterocycles. The van der Waals surface area contributed by atoms with Crippen LogP contribution in [-0.4, -0.2) is 42.2 Å². The zero-order chi connectivity index (χ0) is 15.0. The lowest BCUT2D eigenvalue weighted by molar-refractivity contribution is 0.0528. The average Bonchev–Trinajstić information content (AvgIpc) is 3.04. The lowest BCUT2D eigenvalue weighted by atomic mass is 10.3. The van der Waals surface area contributed by atoms with E-state index in [1.54, 1.807) is 28.5 Å². The molecule has 0 spiro atoms. The van der Waals surface area contributed by atoms with Crippen molar-refractivity contribution in [2.45, 2.75) is 20.8 Å². The molecule has 0 N–H and O–H groups in total. The van der Waals surface area contributed by atoms with Crippen molar-refractivity contribution in [2.75, 3.05) is 6.61 Å². The minimum atomic E-state index is -0.440. The van der Waals surface area contributed by atoms with Crippen molar-refractivity contribution in [3.8, 4) is 5.82 Å². The van der Waals surface area contributed by atoms with Gasteiger partial charge >= 0.3 is 5.97 Å². The molecule has 21 heavy (non-hydrogen) atoms. The number of esters is 1. The van der Waals surface area contributed by atoms with Gasteiger partial charge in [0.05, 0.1) is 24.7 Å². The maximum atomic E-state index is 11.9. The number of hydrogen-bond donors (Lipinski definition) is 0. The normalized spacial score (nSPS) is 11.0. The van der Waals surface area contributed by atoms with Gasteiger partial charge in [0, 0.05) is 11.8 Å². The summed E-state index contributed by atoms with van der Waals surface area (Å²) in [5.41, 5.74) is 2.42. The van der Waals surface area contributed by atoms with E-state index in [1.807, 2.05) is 13.8 Å². The maximum absolute atomic E-state index is 11.9. The molecule has 0 amide bonds. The highest BCUT2D eigenvalue weighted by Gasteiger charge is 2.17. The van der Waals surface area contributed by atoms with Crippen LogP contribution in [0.4, 0.5) is 0 Å². The number of aryl methyl sites for hydroxylation is 2. The smallest absolute Gasteiger partial charge is 0.343 e. The van der Waals surface area contributed by atoms with Crippen LogP contribution >= 0.6 is 0 Å². The molecular formula is C13H14N6O2. The minimum Gasteiger partial charge on any atom is -0.462 e. The Hall–Kier alpha value is -2.77. The van der Waals surface area contributed by atoms with E-state index in [0.717, 1.165) is 11.3 Å². The van der Waals surface area contributed by atoms with Crippen LogP contribution in [0, 0.1) is 13.8 Å². The quantitative estimate of drug-likeness (QED) is 0.670. The second kappa shape index (κ2) is 4.97. The van der Waals surface area contributed by atoms with E-state index in [1.165, 1.54) is 6.20 Å². The number of carbonyl (C=O) groups excluding carboxylic acids is 1.